The second kappa shape index (κ2) is 12.7. The molecule has 0 radical (unpaired) electrons. The van der Waals surface area contributed by atoms with Crippen molar-refractivity contribution in [1.29, 1.82) is 5.53 Å². The number of nitrogens with zero attached hydrogens (tertiary/aromatic N) is 15. The van der Waals surface area contributed by atoms with Crippen molar-refractivity contribution in [3.8, 4) is 0 Å². The fourth-order valence-corrected chi connectivity index (χ4v) is 0.232. The van der Waals surface area contributed by atoms with Crippen molar-refractivity contribution in [2.24, 2.45) is 78.5 Å². The predicted molar refractivity (Wildman–Crippen MR) is 40.2 cm³/mol. The summed E-state index contributed by atoms with van der Waals surface area (Å²) < 4.78 is 10.9. The summed E-state index contributed by atoms with van der Waals surface area (Å²) in [6.45, 7) is 0. The molecule has 0 aliphatic heterocycles. The van der Waals surface area contributed by atoms with E-state index in [9.17, 15) is 4.48 Å². The molecule has 17 heteroatoms. The summed E-state index contributed by atoms with van der Waals surface area (Å²) in [6, 6.07) is 0. The molecule has 1 N–H and O–H groups in total. The lowest BCUT2D eigenvalue weighted by Crippen LogP contribution is -1.50. The first-order valence-corrected chi connectivity index (χ1v) is 3.19. The van der Waals surface area contributed by atoms with Gasteiger partial charge in [-0.15, -0.1) is 0 Å². The quantitative estimate of drug-likeness (QED) is 0.503. The van der Waals surface area contributed by atoms with E-state index in [4.69, 9.17) is 5.53 Å². The molecule has 0 heterocycles. The first-order chi connectivity index (χ1) is 8.41. The van der Waals surface area contributed by atoms with E-state index in [0.29, 0.717) is 0 Å². The van der Waals surface area contributed by atoms with Crippen molar-refractivity contribution < 1.29 is 4.48 Å². The average Bonchev–Trinajstić information content (AvgIpc) is 2.35. The van der Waals surface area contributed by atoms with Crippen LogP contribution in [0.25, 0.3) is 0 Å². The Morgan fingerprint density at radius 2 is 0.765 bits per heavy atom. The van der Waals surface area contributed by atoms with Crippen molar-refractivity contribution in [2.45, 2.75) is 0 Å². The fourth-order valence-electron chi connectivity index (χ4n) is 0.232. The first kappa shape index (κ1) is 13.7. The van der Waals surface area contributed by atoms with Gasteiger partial charge in [0.2, 0.25) is 0 Å². The van der Waals surface area contributed by atoms with Crippen molar-refractivity contribution in [2.75, 3.05) is 0 Å². The first-order valence-electron chi connectivity index (χ1n) is 3.19. The molecule has 0 unspecified atom stereocenters. The lowest BCUT2D eigenvalue weighted by Gasteiger charge is -1.68. The smallest absolute Gasteiger partial charge is 0.0435 e. The standard InChI is InChI=1S/FHN16/c1-3-5-7-9-11-13-15-17-16-14-12-10-8-6-4-2/h2H/b4-2?,5-3?,8-6+,9-7+,12-10+,13-11+,16-14+,17-15+. The molecule has 16 nitrogen and oxygen atoms in total. The highest BCUT2D eigenvalue weighted by molar-refractivity contribution is 4.12. The molecule has 17 heavy (non-hydrogen) atoms. The lowest BCUT2D eigenvalue weighted by atomic mass is 12.3. The highest BCUT2D eigenvalue weighted by Gasteiger charge is 1.69. The summed E-state index contributed by atoms with van der Waals surface area (Å²) in [6.07, 6.45) is 0. The van der Waals surface area contributed by atoms with Crippen LogP contribution in [0.2, 0.25) is 0 Å². The van der Waals surface area contributed by atoms with Crippen LogP contribution in [0.5, 0.6) is 0 Å². The van der Waals surface area contributed by atoms with Crippen molar-refractivity contribution in [3.63, 3.8) is 0 Å². The summed E-state index contributed by atoms with van der Waals surface area (Å²) in [5.41, 5.74) is 6.16. The Kier molecular flexibility index (Phi) is 10.3. The largest absolute Gasteiger partial charge is 0.183 e. The van der Waals surface area contributed by atoms with Gasteiger partial charge in [0.15, 0.2) is 0 Å². The molecule has 0 spiro atoms. The van der Waals surface area contributed by atoms with Crippen LogP contribution in [-0.2, 0) is 0 Å². The van der Waals surface area contributed by atoms with Crippen molar-refractivity contribution in [1.82, 2.24) is 0 Å². The molecule has 0 aliphatic carbocycles. The monoisotopic (exact) mass is 244 g/mol. The van der Waals surface area contributed by atoms with Gasteiger partial charge in [0.05, 0.1) is 0 Å². The summed E-state index contributed by atoms with van der Waals surface area (Å²) >= 11 is 0. The average molecular weight is 244 g/mol. The summed E-state index contributed by atoms with van der Waals surface area (Å²) in [5, 5.41) is 40.9. The molecule has 0 fully saturated rings. The predicted octanol–water partition coefficient (Wildman–Crippen LogP) is 3.47. The maximum absolute atomic E-state index is 10.9. The van der Waals surface area contributed by atoms with Gasteiger partial charge in [0.25, 0.3) is 0 Å². The normalized spacial score (nSPS) is 13.9. The van der Waals surface area contributed by atoms with Gasteiger partial charge in [-0.05, 0) is 36.6 Å². The number of rotatable bonds is 7. The molecule has 88 valence electrons. The van der Waals surface area contributed by atoms with E-state index in [1.807, 2.05) is 0 Å². The van der Waals surface area contributed by atoms with Gasteiger partial charge in [-0.3, -0.25) is 0 Å². The molecule has 0 aliphatic rings. The van der Waals surface area contributed by atoms with E-state index in [2.05, 4.69) is 73.1 Å². The second-order valence-electron chi connectivity index (χ2n) is 1.34. The second-order valence-corrected chi connectivity index (χ2v) is 1.34. The molecular formula is HFN16. The van der Waals surface area contributed by atoms with Crippen LogP contribution in [-0.4, -0.2) is 0 Å². The Morgan fingerprint density at radius 3 is 1.06 bits per heavy atom. The lowest BCUT2D eigenvalue weighted by molar-refractivity contribution is 0.474. The Morgan fingerprint density at radius 1 is 0.471 bits per heavy atom. The maximum atomic E-state index is 10.9. The van der Waals surface area contributed by atoms with Crippen LogP contribution >= 0.6 is 0 Å². The van der Waals surface area contributed by atoms with Crippen molar-refractivity contribution in [3.05, 3.63) is 0 Å². The summed E-state index contributed by atoms with van der Waals surface area (Å²) in [4.78, 5) is 0. The Balaban J connectivity index is 3.80. The molecule has 0 aromatic rings. The summed E-state index contributed by atoms with van der Waals surface area (Å²) in [7, 11) is 0. The molecular weight excluding hydrogens is 243 g/mol. The Bertz CT molecular complexity index is 374. The molecule has 0 atom stereocenters. The van der Waals surface area contributed by atoms with Crippen LogP contribution in [0.4, 0.5) is 4.48 Å². The molecule has 0 saturated heterocycles. The number of hydrogen-bond acceptors (Lipinski definition) is 2. The number of hydrogen-bond donors (Lipinski definition) is 1. The summed E-state index contributed by atoms with van der Waals surface area (Å²) in [5.74, 6) is 0. The number of halogens is 1. The van der Waals surface area contributed by atoms with Gasteiger partial charge < -0.3 is 0 Å². The fraction of sp³-hybridized carbons (Fsp3) is 0. The van der Waals surface area contributed by atoms with E-state index in [-0.39, 0.29) is 0 Å². The van der Waals surface area contributed by atoms with E-state index in [1.54, 1.807) is 5.34 Å². The van der Waals surface area contributed by atoms with E-state index in [0.717, 1.165) is 0 Å². The molecule has 0 bridgehead atoms. The van der Waals surface area contributed by atoms with Gasteiger partial charge in [-0.25, -0.2) is 0 Å². The van der Waals surface area contributed by atoms with Crippen LogP contribution in [0.3, 0.4) is 0 Å². The zero-order valence-electron chi connectivity index (χ0n) is 7.59. The molecule has 0 rings (SSSR count). The van der Waals surface area contributed by atoms with Gasteiger partial charge >= 0.3 is 0 Å². The Labute approximate surface area is 89.6 Å². The molecule has 0 saturated carbocycles. The molecule has 0 amide bonds. The third kappa shape index (κ3) is 12.7. The van der Waals surface area contributed by atoms with Crippen LogP contribution in [0, 0.1) is 5.53 Å². The minimum atomic E-state index is 1.74. The van der Waals surface area contributed by atoms with E-state index < -0.39 is 0 Å². The van der Waals surface area contributed by atoms with Gasteiger partial charge in [-0.1, -0.05) is 4.48 Å². The van der Waals surface area contributed by atoms with Crippen LogP contribution < -0.4 is 0 Å². The minimum Gasteiger partial charge on any atom is -0.183 e. The zero-order valence-corrected chi connectivity index (χ0v) is 7.59. The topological polar surface area (TPSA) is 209 Å². The molecule has 0 aromatic carbocycles. The van der Waals surface area contributed by atoms with E-state index in [1.165, 1.54) is 0 Å². The van der Waals surface area contributed by atoms with Gasteiger partial charge in [0, 0.05) is 41.9 Å². The van der Waals surface area contributed by atoms with E-state index >= 15 is 0 Å². The molecule has 0 aromatic heterocycles. The third-order valence-corrected chi connectivity index (χ3v) is 0.559. The highest BCUT2D eigenvalue weighted by atomic mass is 19.2. The van der Waals surface area contributed by atoms with Crippen LogP contribution in [0.1, 0.15) is 0 Å². The maximum Gasteiger partial charge on any atom is 0.0435 e. The minimum absolute atomic E-state index is 1.74. The van der Waals surface area contributed by atoms with Crippen molar-refractivity contribution >= 4 is 0 Å². The van der Waals surface area contributed by atoms with Crippen LogP contribution in [0.15, 0.2) is 78.5 Å². The Hall–Kier alpha value is -3.27. The van der Waals surface area contributed by atoms with Gasteiger partial charge in [-0.2, -0.15) is 5.53 Å². The zero-order chi connectivity index (χ0) is 12.6. The third-order valence-electron chi connectivity index (χ3n) is 0.559. The van der Waals surface area contributed by atoms with Gasteiger partial charge in [0.1, 0.15) is 0 Å². The number of nitrogens with one attached hydrogen (secondary N) is 1. The highest BCUT2D eigenvalue weighted by Crippen LogP contribution is 1.88. The SMILES string of the molecule is N=N/N=N/N=N/N=N/N=N/N=N/N=N/N=NF.